The molecule has 26 heavy (non-hydrogen) atoms. The van der Waals surface area contributed by atoms with Crippen LogP contribution in [0.15, 0.2) is 53.1 Å². The lowest BCUT2D eigenvalue weighted by molar-refractivity contribution is -0.132. The molecule has 1 aliphatic heterocycles. The van der Waals surface area contributed by atoms with E-state index >= 15 is 0 Å². The molecule has 3 rings (SSSR count). The summed E-state index contributed by atoms with van der Waals surface area (Å²) >= 11 is 0. The van der Waals surface area contributed by atoms with Crippen LogP contribution in [-0.2, 0) is 22.4 Å². The molecule has 5 heteroatoms. The van der Waals surface area contributed by atoms with E-state index in [1.54, 1.807) is 6.26 Å². The molecule has 1 aromatic heterocycles. The topological polar surface area (TPSA) is 62.6 Å². The molecule has 1 saturated heterocycles. The molecule has 0 unspecified atom stereocenters. The van der Waals surface area contributed by atoms with Crippen LogP contribution in [0.1, 0.15) is 37.0 Å². The average molecular weight is 354 g/mol. The van der Waals surface area contributed by atoms with E-state index in [9.17, 15) is 9.59 Å². The molecule has 1 N–H and O–H groups in total. The van der Waals surface area contributed by atoms with Crippen molar-refractivity contribution in [2.45, 2.75) is 44.6 Å². The predicted molar refractivity (Wildman–Crippen MR) is 99.5 cm³/mol. The van der Waals surface area contributed by atoms with Gasteiger partial charge < -0.3 is 14.6 Å². The molecule has 1 aromatic carbocycles. The van der Waals surface area contributed by atoms with Crippen molar-refractivity contribution in [1.82, 2.24) is 10.2 Å². The maximum Gasteiger partial charge on any atom is 0.223 e. The van der Waals surface area contributed by atoms with Crippen molar-refractivity contribution in [3.63, 3.8) is 0 Å². The molecule has 0 atom stereocenters. The summed E-state index contributed by atoms with van der Waals surface area (Å²) in [7, 11) is 0. The molecule has 0 radical (unpaired) electrons. The number of carbonyl (C=O) groups is 2. The monoisotopic (exact) mass is 354 g/mol. The van der Waals surface area contributed by atoms with Gasteiger partial charge in [0.15, 0.2) is 0 Å². The van der Waals surface area contributed by atoms with Crippen molar-refractivity contribution < 1.29 is 14.0 Å². The number of aryl methyl sites for hydroxylation is 2. The summed E-state index contributed by atoms with van der Waals surface area (Å²) in [6.07, 6.45) is 5.66. The molecule has 0 saturated carbocycles. The number of hydrogen-bond donors (Lipinski definition) is 1. The number of hydrogen-bond acceptors (Lipinski definition) is 3. The smallest absolute Gasteiger partial charge is 0.223 e. The van der Waals surface area contributed by atoms with Gasteiger partial charge >= 0.3 is 0 Å². The average Bonchev–Trinajstić information content (AvgIpc) is 3.19. The van der Waals surface area contributed by atoms with Crippen LogP contribution in [0, 0.1) is 0 Å². The lowest BCUT2D eigenvalue weighted by Gasteiger charge is -2.32. The van der Waals surface area contributed by atoms with Crippen molar-refractivity contribution in [2.24, 2.45) is 0 Å². The Morgan fingerprint density at radius 2 is 1.77 bits per heavy atom. The van der Waals surface area contributed by atoms with Gasteiger partial charge in [-0.3, -0.25) is 9.59 Å². The van der Waals surface area contributed by atoms with E-state index in [-0.39, 0.29) is 17.9 Å². The highest BCUT2D eigenvalue weighted by Gasteiger charge is 2.23. The van der Waals surface area contributed by atoms with E-state index in [1.807, 2.05) is 47.4 Å². The number of amides is 2. The van der Waals surface area contributed by atoms with Gasteiger partial charge in [-0.25, -0.2) is 0 Å². The van der Waals surface area contributed by atoms with Crippen LogP contribution in [0.5, 0.6) is 0 Å². The minimum absolute atomic E-state index is 0.0939. The van der Waals surface area contributed by atoms with E-state index < -0.39 is 0 Å². The second kappa shape index (κ2) is 9.22. The molecule has 0 bridgehead atoms. The van der Waals surface area contributed by atoms with Gasteiger partial charge in [-0.1, -0.05) is 30.3 Å². The number of benzene rings is 1. The Balaban J connectivity index is 1.34. The Morgan fingerprint density at radius 1 is 1.00 bits per heavy atom. The zero-order chi connectivity index (χ0) is 18.2. The molecule has 0 aliphatic carbocycles. The van der Waals surface area contributed by atoms with Gasteiger partial charge in [-0.2, -0.15) is 0 Å². The van der Waals surface area contributed by atoms with E-state index in [4.69, 9.17) is 4.42 Å². The fourth-order valence-electron chi connectivity index (χ4n) is 3.32. The molecule has 1 aliphatic rings. The van der Waals surface area contributed by atoms with Crippen LogP contribution >= 0.6 is 0 Å². The van der Waals surface area contributed by atoms with Crippen molar-refractivity contribution in [2.75, 3.05) is 13.1 Å². The van der Waals surface area contributed by atoms with E-state index in [0.29, 0.717) is 32.4 Å². The standard InChI is InChI=1S/C21H26N2O3/c24-20(10-8-17-5-2-1-3-6-17)22-18-12-14-23(15-13-18)21(25)11-9-19-7-4-16-26-19/h1-7,16,18H,8-15H2,(H,22,24). The lowest BCUT2D eigenvalue weighted by Crippen LogP contribution is -2.46. The van der Waals surface area contributed by atoms with Crippen LogP contribution in [0.2, 0.25) is 0 Å². The summed E-state index contributed by atoms with van der Waals surface area (Å²) < 4.78 is 5.27. The highest BCUT2D eigenvalue weighted by molar-refractivity contribution is 5.77. The highest BCUT2D eigenvalue weighted by Crippen LogP contribution is 2.13. The quantitative estimate of drug-likeness (QED) is 0.831. The minimum Gasteiger partial charge on any atom is -0.469 e. The van der Waals surface area contributed by atoms with Crippen LogP contribution < -0.4 is 5.32 Å². The summed E-state index contributed by atoms with van der Waals surface area (Å²) in [4.78, 5) is 26.3. The fraction of sp³-hybridized carbons (Fsp3) is 0.429. The van der Waals surface area contributed by atoms with Gasteiger partial charge in [-0.15, -0.1) is 0 Å². The molecule has 138 valence electrons. The summed E-state index contributed by atoms with van der Waals surface area (Å²) in [5.74, 6) is 1.10. The first-order chi connectivity index (χ1) is 12.7. The Morgan fingerprint density at radius 3 is 2.46 bits per heavy atom. The van der Waals surface area contributed by atoms with Crippen LogP contribution in [-0.4, -0.2) is 35.8 Å². The number of carbonyl (C=O) groups excluding carboxylic acids is 2. The van der Waals surface area contributed by atoms with Gasteiger partial charge in [0.05, 0.1) is 6.26 Å². The van der Waals surface area contributed by atoms with Gasteiger partial charge in [0, 0.05) is 38.4 Å². The largest absolute Gasteiger partial charge is 0.469 e. The number of piperidine rings is 1. The Bertz CT molecular complexity index is 689. The molecule has 2 aromatic rings. The summed E-state index contributed by atoms with van der Waals surface area (Å²) in [5.41, 5.74) is 1.18. The number of likely N-dealkylation sites (tertiary alicyclic amines) is 1. The third kappa shape index (κ3) is 5.48. The van der Waals surface area contributed by atoms with Gasteiger partial charge in [0.1, 0.15) is 5.76 Å². The SMILES string of the molecule is O=C(CCc1ccccc1)NC1CCN(C(=O)CCc2ccco2)CC1. The first kappa shape index (κ1) is 18.2. The van der Waals surface area contributed by atoms with Crippen LogP contribution in [0.25, 0.3) is 0 Å². The lowest BCUT2D eigenvalue weighted by atomic mass is 10.0. The first-order valence-electron chi connectivity index (χ1n) is 9.34. The predicted octanol–water partition coefficient (Wildman–Crippen LogP) is 2.95. The highest BCUT2D eigenvalue weighted by atomic mass is 16.3. The van der Waals surface area contributed by atoms with Gasteiger partial charge in [0.2, 0.25) is 11.8 Å². The third-order valence-electron chi connectivity index (χ3n) is 4.86. The van der Waals surface area contributed by atoms with Crippen LogP contribution in [0.3, 0.4) is 0 Å². The Kier molecular flexibility index (Phi) is 6.47. The van der Waals surface area contributed by atoms with Crippen molar-refractivity contribution >= 4 is 11.8 Å². The zero-order valence-electron chi connectivity index (χ0n) is 15.0. The van der Waals surface area contributed by atoms with Crippen LogP contribution in [0.4, 0.5) is 0 Å². The maximum absolute atomic E-state index is 12.3. The second-order valence-electron chi connectivity index (χ2n) is 6.79. The molecule has 5 nitrogen and oxygen atoms in total. The summed E-state index contributed by atoms with van der Waals surface area (Å²) in [6.45, 7) is 1.42. The first-order valence-corrected chi connectivity index (χ1v) is 9.34. The van der Waals surface area contributed by atoms with Crippen molar-refractivity contribution in [3.8, 4) is 0 Å². The zero-order valence-corrected chi connectivity index (χ0v) is 15.0. The molecule has 1 fully saturated rings. The van der Waals surface area contributed by atoms with Gasteiger partial charge in [0.25, 0.3) is 0 Å². The third-order valence-corrected chi connectivity index (χ3v) is 4.86. The molecular weight excluding hydrogens is 328 g/mol. The second-order valence-corrected chi connectivity index (χ2v) is 6.79. The summed E-state index contributed by atoms with van der Waals surface area (Å²) in [5, 5.41) is 3.11. The van der Waals surface area contributed by atoms with E-state index in [0.717, 1.165) is 25.0 Å². The number of nitrogens with one attached hydrogen (secondary N) is 1. The number of rotatable bonds is 7. The van der Waals surface area contributed by atoms with Crippen molar-refractivity contribution in [1.29, 1.82) is 0 Å². The Hall–Kier alpha value is -2.56. The fourth-order valence-corrected chi connectivity index (χ4v) is 3.32. The normalized spacial score (nSPS) is 15.0. The molecular formula is C21H26N2O3. The van der Waals surface area contributed by atoms with E-state index in [2.05, 4.69) is 5.32 Å². The molecule has 2 heterocycles. The van der Waals surface area contributed by atoms with E-state index in [1.165, 1.54) is 5.56 Å². The maximum atomic E-state index is 12.3. The number of furan rings is 1. The molecule has 0 spiro atoms. The summed E-state index contributed by atoms with van der Waals surface area (Å²) in [6, 6.07) is 14.0. The van der Waals surface area contributed by atoms with Gasteiger partial charge in [-0.05, 0) is 37.0 Å². The molecule has 2 amide bonds. The van der Waals surface area contributed by atoms with Crippen molar-refractivity contribution in [3.05, 3.63) is 60.1 Å². The number of nitrogens with zero attached hydrogens (tertiary/aromatic N) is 1. The minimum atomic E-state index is 0.0939. The Labute approximate surface area is 154 Å².